The summed E-state index contributed by atoms with van der Waals surface area (Å²) >= 11 is 6.94. The summed E-state index contributed by atoms with van der Waals surface area (Å²) < 4.78 is 10.6. The Balaban J connectivity index is 1.54. The number of esters is 1. The lowest BCUT2D eigenvalue weighted by atomic mass is 10.1. The predicted molar refractivity (Wildman–Crippen MR) is 123 cm³/mol. The summed E-state index contributed by atoms with van der Waals surface area (Å²) in [4.78, 5) is 38.5. The second-order valence-electron chi connectivity index (χ2n) is 7.14. The molecule has 0 N–H and O–H groups in total. The van der Waals surface area contributed by atoms with Crippen LogP contribution in [0.15, 0.2) is 63.9 Å². The van der Waals surface area contributed by atoms with E-state index in [1.807, 2.05) is 31.2 Å². The van der Waals surface area contributed by atoms with Gasteiger partial charge in [-0.25, -0.2) is 4.79 Å². The van der Waals surface area contributed by atoms with Gasteiger partial charge in [0.1, 0.15) is 11.5 Å². The SMILES string of the molecule is COC(=O)c1cc(-c2ccc(/C=C3/SC(=O)N(Cc4ccc(C)cc4)C3=O)o2)ccc1Cl. The van der Waals surface area contributed by atoms with Crippen molar-refractivity contribution in [2.45, 2.75) is 13.5 Å². The molecule has 4 rings (SSSR count). The molecule has 162 valence electrons. The summed E-state index contributed by atoms with van der Waals surface area (Å²) in [5.74, 6) is -0.0174. The highest BCUT2D eigenvalue weighted by atomic mass is 35.5. The molecule has 1 aromatic heterocycles. The maximum Gasteiger partial charge on any atom is 0.339 e. The first-order valence-corrected chi connectivity index (χ1v) is 10.8. The van der Waals surface area contributed by atoms with Crippen molar-refractivity contribution in [3.63, 3.8) is 0 Å². The molecule has 1 aliphatic rings. The number of carbonyl (C=O) groups is 3. The maximum atomic E-state index is 12.8. The number of ether oxygens (including phenoxy) is 1. The van der Waals surface area contributed by atoms with E-state index >= 15 is 0 Å². The van der Waals surface area contributed by atoms with E-state index in [9.17, 15) is 14.4 Å². The normalized spacial score (nSPS) is 15.0. The first kappa shape index (κ1) is 21.9. The lowest BCUT2D eigenvalue weighted by molar-refractivity contribution is -0.123. The Kier molecular flexibility index (Phi) is 6.21. The summed E-state index contributed by atoms with van der Waals surface area (Å²) in [6, 6.07) is 16.0. The highest BCUT2D eigenvalue weighted by Gasteiger charge is 2.35. The molecule has 0 spiro atoms. The number of nitrogens with zero attached hydrogens (tertiary/aromatic N) is 1. The molecule has 0 unspecified atom stereocenters. The highest BCUT2D eigenvalue weighted by molar-refractivity contribution is 8.18. The van der Waals surface area contributed by atoms with E-state index in [2.05, 4.69) is 0 Å². The molecule has 3 aromatic rings. The van der Waals surface area contributed by atoms with Crippen molar-refractivity contribution in [3.8, 4) is 11.3 Å². The number of hydrogen-bond donors (Lipinski definition) is 0. The fourth-order valence-electron chi connectivity index (χ4n) is 3.17. The first-order valence-electron chi connectivity index (χ1n) is 9.64. The lowest BCUT2D eigenvalue weighted by Crippen LogP contribution is -2.27. The first-order chi connectivity index (χ1) is 15.4. The van der Waals surface area contributed by atoms with Gasteiger partial charge in [-0.05, 0) is 54.6 Å². The average molecular weight is 468 g/mol. The van der Waals surface area contributed by atoms with Gasteiger partial charge in [0, 0.05) is 11.6 Å². The van der Waals surface area contributed by atoms with Gasteiger partial charge in [-0.1, -0.05) is 41.4 Å². The van der Waals surface area contributed by atoms with Gasteiger partial charge in [-0.15, -0.1) is 0 Å². The van der Waals surface area contributed by atoms with Crippen LogP contribution in [0.1, 0.15) is 27.2 Å². The molecule has 1 saturated heterocycles. The van der Waals surface area contributed by atoms with Crippen LogP contribution in [0.3, 0.4) is 0 Å². The minimum absolute atomic E-state index is 0.215. The summed E-state index contributed by atoms with van der Waals surface area (Å²) in [5.41, 5.74) is 2.84. The van der Waals surface area contributed by atoms with Gasteiger partial charge in [0.15, 0.2) is 0 Å². The molecule has 0 saturated carbocycles. The van der Waals surface area contributed by atoms with Crippen LogP contribution in [-0.2, 0) is 16.1 Å². The summed E-state index contributed by atoms with van der Waals surface area (Å²) in [7, 11) is 1.28. The topological polar surface area (TPSA) is 76.8 Å². The number of aryl methyl sites for hydroxylation is 1. The zero-order chi connectivity index (χ0) is 22.8. The second kappa shape index (κ2) is 9.06. The number of amides is 2. The lowest BCUT2D eigenvalue weighted by Gasteiger charge is -2.12. The molecule has 0 radical (unpaired) electrons. The van der Waals surface area contributed by atoms with E-state index < -0.39 is 5.97 Å². The number of carbonyl (C=O) groups excluding carboxylic acids is 3. The van der Waals surface area contributed by atoms with Crippen LogP contribution in [0.25, 0.3) is 17.4 Å². The van der Waals surface area contributed by atoms with Gasteiger partial charge >= 0.3 is 5.97 Å². The third-order valence-electron chi connectivity index (χ3n) is 4.89. The molecule has 1 aliphatic heterocycles. The average Bonchev–Trinajstić information content (AvgIpc) is 3.35. The van der Waals surface area contributed by atoms with Crippen molar-refractivity contribution in [2.75, 3.05) is 7.11 Å². The van der Waals surface area contributed by atoms with Crippen LogP contribution in [0.5, 0.6) is 0 Å². The van der Waals surface area contributed by atoms with Crippen LogP contribution in [0.2, 0.25) is 5.02 Å². The van der Waals surface area contributed by atoms with Crippen molar-refractivity contribution in [3.05, 3.63) is 87.0 Å². The number of thioether (sulfide) groups is 1. The van der Waals surface area contributed by atoms with Gasteiger partial charge in [0.05, 0.1) is 29.1 Å². The highest BCUT2D eigenvalue weighted by Crippen LogP contribution is 2.34. The molecular formula is C24H18ClNO5S. The smallest absolute Gasteiger partial charge is 0.339 e. The van der Waals surface area contributed by atoms with E-state index in [0.29, 0.717) is 17.1 Å². The molecule has 0 atom stereocenters. The summed E-state index contributed by atoms with van der Waals surface area (Å²) in [5, 5.41) is -0.0522. The number of furan rings is 1. The number of hydrogen-bond acceptors (Lipinski definition) is 6. The number of imide groups is 1. The monoisotopic (exact) mass is 467 g/mol. The van der Waals surface area contributed by atoms with Crippen LogP contribution in [0, 0.1) is 6.92 Å². The number of benzene rings is 2. The van der Waals surface area contributed by atoms with Crippen molar-refractivity contribution in [1.82, 2.24) is 4.90 Å². The standard InChI is InChI=1S/C24H18ClNO5S/c1-14-3-5-15(6-4-14)13-26-22(27)21(32-24(26)29)12-17-8-10-20(31-17)16-7-9-19(25)18(11-16)23(28)30-2/h3-12H,13H2,1-2H3/b21-12+. The summed E-state index contributed by atoms with van der Waals surface area (Å²) in [6.07, 6.45) is 1.54. The van der Waals surface area contributed by atoms with Crippen molar-refractivity contribution in [1.29, 1.82) is 0 Å². The van der Waals surface area contributed by atoms with Crippen LogP contribution in [0.4, 0.5) is 4.79 Å². The zero-order valence-electron chi connectivity index (χ0n) is 17.3. The van der Waals surface area contributed by atoms with Crippen molar-refractivity contribution in [2.24, 2.45) is 0 Å². The molecule has 6 nitrogen and oxygen atoms in total. The van der Waals surface area contributed by atoms with Crippen molar-refractivity contribution >= 4 is 46.6 Å². The second-order valence-corrected chi connectivity index (χ2v) is 8.54. The van der Waals surface area contributed by atoms with Crippen LogP contribution < -0.4 is 0 Å². The Labute approximate surface area is 193 Å². The van der Waals surface area contributed by atoms with Crippen LogP contribution >= 0.6 is 23.4 Å². The van der Waals surface area contributed by atoms with E-state index in [0.717, 1.165) is 22.9 Å². The fourth-order valence-corrected chi connectivity index (χ4v) is 4.19. The Morgan fingerprint density at radius 3 is 2.59 bits per heavy atom. The van der Waals surface area contributed by atoms with Gasteiger partial charge in [-0.2, -0.15) is 0 Å². The molecule has 2 heterocycles. The van der Waals surface area contributed by atoms with E-state index in [1.165, 1.54) is 12.0 Å². The minimum Gasteiger partial charge on any atom is -0.465 e. The Hall–Kier alpha value is -3.29. The number of rotatable bonds is 5. The van der Waals surface area contributed by atoms with Gasteiger partial charge in [-0.3, -0.25) is 14.5 Å². The largest absolute Gasteiger partial charge is 0.465 e. The molecule has 8 heteroatoms. The molecule has 0 bridgehead atoms. The fraction of sp³-hybridized carbons (Fsp3) is 0.125. The Morgan fingerprint density at radius 1 is 1.12 bits per heavy atom. The molecule has 1 fully saturated rings. The third kappa shape index (κ3) is 4.49. The van der Waals surface area contributed by atoms with Crippen LogP contribution in [-0.4, -0.2) is 29.1 Å². The van der Waals surface area contributed by atoms with Gasteiger partial charge < -0.3 is 9.15 Å². The van der Waals surface area contributed by atoms with Gasteiger partial charge in [0.25, 0.3) is 11.1 Å². The quantitative estimate of drug-likeness (QED) is 0.342. The maximum absolute atomic E-state index is 12.8. The number of methoxy groups -OCH3 is 1. The van der Waals surface area contributed by atoms with Crippen molar-refractivity contribution < 1.29 is 23.5 Å². The van der Waals surface area contributed by atoms with E-state index in [4.69, 9.17) is 20.8 Å². The molecule has 32 heavy (non-hydrogen) atoms. The molecule has 2 amide bonds. The number of halogens is 1. The Bertz CT molecular complexity index is 1250. The minimum atomic E-state index is -0.550. The van der Waals surface area contributed by atoms with E-state index in [1.54, 1.807) is 36.4 Å². The molecular weight excluding hydrogens is 450 g/mol. The third-order valence-corrected chi connectivity index (χ3v) is 6.13. The molecule has 2 aromatic carbocycles. The molecule has 0 aliphatic carbocycles. The van der Waals surface area contributed by atoms with Gasteiger partial charge in [0.2, 0.25) is 0 Å². The Morgan fingerprint density at radius 2 is 1.88 bits per heavy atom. The zero-order valence-corrected chi connectivity index (χ0v) is 18.8. The van der Waals surface area contributed by atoms with E-state index in [-0.39, 0.29) is 33.2 Å². The predicted octanol–water partition coefficient (Wildman–Crippen LogP) is 5.93. The summed E-state index contributed by atoms with van der Waals surface area (Å²) in [6.45, 7) is 2.19.